The number of para-hydroxylation sites is 1. The molecule has 0 saturated heterocycles. The summed E-state index contributed by atoms with van der Waals surface area (Å²) in [6, 6.07) is 13.1. The molecule has 140 valence electrons. The summed E-state index contributed by atoms with van der Waals surface area (Å²) in [5.74, 6) is 1.57. The topological polar surface area (TPSA) is 86.9 Å². The van der Waals surface area contributed by atoms with Gasteiger partial charge in [0.1, 0.15) is 11.6 Å². The first-order valence-electron chi connectivity index (χ1n) is 8.62. The summed E-state index contributed by atoms with van der Waals surface area (Å²) in [6.07, 6.45) is 6.81. The fourth-order valence-electron chi connectivity index (χ4n) is 2.79. The summed E-state index contributed by atoms with van der Waals surface area (Å²) in [7, 11) is 1.51. The van der Waals surface area contributed by atoms with Crippen LogP contribution in [0.5, 0.6) is 5.75 Å². The molecule has 0 unspecified atom stereocenters. The van der Waals surface area contributed by atoms with Crippen LogP contribution in [0, 0.1) is 6.92 Å². The summed E-state index contributed by atoms with van der Waals surface area (Å²) >= 11 is 0. The van der Waals surface area contributed by atoms with Gasteiger partial charge in [0, 0.05) is 12.4 Å². The molecule has 4 aromatic rings. The number of aromatic nitrogens is 5. The van der Waals surface area contributed by atoms with Gasteiger partial charge in [-0.15, -0.1) is 0 Å². The molecule has 0 bridgehead atoms. The first kappa shape index (κ1) is 17.5. The SMILES string of the molecule is COc1cn(-c2ccccc2)nc1C(=O)Nc1ccc(-n2ccnc2C)nc1. The van der Waals surface area contributed by atoms with E-state index in [9.17, 15) is 4.79 Å². The summed E-state index contributed by atoms with van der Waals surface area (Å²) in [4.78, 5) is 21.3. The lowest BCUT2D eigenvalue weighted by atomic mass is 10.3. The van der Waals surface area contributed by atoms with E-state index in [0.717, 1.165) is 17.3 Å². The van der Waals surface area contributed by atoms with Gasteiger partial charge < -0.3 is 10.1 Å². The van der Waals surface area contributed by atoms with Crippen LogP contribution in [0.2, 0.25) is 0 Å². The number of methoxy groups -OCH3 is 1. The normalized spacial score (nSPS) is 10.6. The van der Waals surface area contributed by atoms with Crippen molar-refractivity contribution in [3.63, 3.8) is 0 Å². The van der Waals surface area contributed by atoms with Crippen LogP contribution in [0.15, 0.2) is 67.3 Å². The average Bonchev–Trinajstić information content (AvgIpc) is 3.35. The van der Waals surface area contributed by atoms with E-state index < -0.39 is 0 Å². The van der Waals surface area contributed by atoms with E-state index in [1.54, 1.807) is 29.3 Å². The molecular formula is C20H18N6O2. The van der Waals surface area contributed by atoms with E-state index in [0.29, 0.717) is 11.4 Å². The number of rotatable bonds is 5. The van der Waals surface area contributed by atoms with Gasteiger partial charge in [0.2, 0.25) is 0 Å². The molecule has 3 heterocycles. The van der Waals surface area contributed by atoms with Gasteiger partial charge in [0.05, 0.1) is 30.9 Å². The molecule has 0 aliphatic heterocycles. The predicted molar refractivity (Wildman–Crippen MR) is 104 cm³/mol. The lowest BCUT2D eigenvalue weighted by molar-refractivity contribution is 0.101. The van der Waals surface area contributed by atoms with Gasteiger partial charge in [-0.25, -0.2) is 14.6 Å². The molecule has 8 nitrogen and oxygen atoms in total. The number of ether oxygens (including phenoxy) is 1. The minimum Gasteiger partial charge on any atom is -0.493 e. The van der Waals surface area contributed by atoms with E-state index >= 15 is 0 Å². The number of anilines is 1. The molecule has 0 atom stereocenters. The number of nitrogens with one attached hydrogen (secondary N) is 1. The van der Waals surface area contributed by atoms with Gasteiger partial charge in [-0.2, -0.15) is 5.10 Å². The third kappa shape index (κ3) is 3.35. The summed E-state index contributed by atoms with van der Waals surface area (Å²) in [5.41, 5.74) is 1.59. The van der Waals surface area contributed by atoms with E-state index in [4.69, 9.17) is 4.74 Å². The van der Waals surface area contributed by atoms with Gasteiger partial charge >= 0.3 is 0 Å². The number of hydrogen-bond donors (Lipinski definition) is 1. The Kier molecular flexibility index (Phi) is 4.59. The van der Waals surface area contributed by atoms with Crippen LogP contribution < -0.4 is 10.1 Å². The third-order valence-electron chi connectivity index (χ3n) is 4.21. The molecule has 28 heavy (non-hydrogen) atoms. The minimum atomic E-state index is -0.375. The first-order chi connectivity index (χ1) is 13.7. The average molecular weight is 374 g/mol. The van der Waals surface area contributed by atoms with Crippen molar-refractivity contribution in [2.24, 2.45) is 0 Å². The summed E-state index contributed by atoms with van der Waals surface area (Å²) < 4.78 is 8.78. The molecule has 4 rings (SSSR count). The van der Waals surface area contributed by atoms with Crippen LogP contribution in [0.25, 0.3) is 11.5 Å². The van der Waals surface area contributed by atoms with Crippen molar-refractivity contribution in [3.05, 3.63) is 78.8 Å². The van der Waals surface area contributed by atoms with Crippen molar-refractivity contribution in [1.29, 1.82) is 0 Å². The van der Waals surface area contributed by atoms with Crippen molar-refractivity contribution in [3.8, 4) is 17.3 Å². The second-order valence-electron chi connectivity index (χ2n) is 6.03. The highest BCUT2D eigenvalue weighted by molar-refractivity contribution is 6.04. The Bertz CT molecular complexity index is 1100. The standard InChI is InChI=1S/C20H18N6O2/c1-14-21-10-11-25(14)18-9-8-15(12-22-18)23-20(27)19-17(28-2)13-26(24-19)16-6-4-3-5-7-16/h3-13H,1-2H3,(H,23,27). The molecule has 8 heteroatoms. The van der Waals surface area contributed by atoms with Gasteiger partial charge in [0.25, 0.3) is 5.91 Å². The highest BCUT2D eigenvalue weighted by atomic mass is 16.5. The lowest BCUT2D eigenvalue weighted by Crippen LogP contribution is -2.14. The highest BCUT2D eigenvalue weighted by Crippen LogP contribution is 2.21. The third-order valence-corrected chi connectivity index (χ3v) is 4.21. The second kappa shape index (κ2) is 7.36. The quantitative estimate of drug-likeness (QED) is 0.580. The van der Waals surface area contributed by atoms with Crippen molar-refractivity contribution in [2.75, 3.05) is 12.4 Å². The zero-order valence-electron chi connectivity index (χ0n) is 15.4. The molecule has 1 amide bonds. The number of nitrogens with zero attached hydrogens (tertiary/aromatic N) is 5. The molecule has 0 spiro atoms. The van der Waals surface area contributed by atoms with Gasteiger partial charge in [-0.3, -0.25) is 9.36 Å². The van der Waals surface area contributed by atoms with Crippen LogP contribution >= 0.6 is 0 Å². The van der Waals surface area contributed by atoms with E-state index in [1.165, 1.54) is 7.11 Å². The maximum Gasteiger partial charge on any atom is 0.280 e. The zero-order chi connectivity index (χ0) is 19.5. The zero-order valence-corrected chi connectivity index (χ0v) is 15.4. The number of pyridine rings is 1. The number of hydrogen-bond acceptors (Lipinski definition) is 5. The highest BCUT2D eigenvalue weighted by Gasteiger charge is 2.18. The maximum absolute atomic E-state index is 12.7. The smallest absolute Gasteiger partial charge is 0.280 e. The fraction of sp³-hybridized carbons (Fsp3) is 0.100. The molecule has 0 radical (unpaired) electrons. The molecule has 1 aromatic carbocycles. The van der Waals surface area contributed by atoms with Gasteiger partial charge in [-0.05, 0) is 31.2 Å². The predicted octanol–water partition coefficient (Wildman–Crippen LogP) is 3.02. The molecule has 0 fully saturated rings. The number of carbonyl (C=O) groups is 1. The van der Waals surface area contributed by atoms with Crippen LogP contribution in [0.1, 0.15) is 16.3 Å². The number of aryl methyl sites for hydroxylation is 1. The van der Waals surface area contributed by atoms with Gasteiger partial charge in [-0.1, -0.05) is 18.2 Å². The maximum atomic E-state index is 12.7. The molecule has 0 saturated carbocycles. The van der Waals surface area contributed by atoms with Crippen molar-refractivity contribution in [1.82, 2.24) is 24.3 Å². The molecule has 0 aliphatic carbocycles. The monoisotopic (exact) mass is 374 g/mol. The Labute approximate surface area is 161 Å². The number of carbonyl (C=O) groups excluding carboxylic acids is 1. The van der Waals surface area contributed by atoms with E-state index in [1.807, 2.05) is 54.1 Å². The summed E-state index contributed by atoms with van der Waals surface area (Å²) in [5, 5.41) is 7.17. The second-order valence-corrected chi connectivity index (χ2v) is 6.03. The Balaban J connectivity index is 1.55. The first-order valence-corrected chi connectivity index (χ1v) is 8.62. The molecule has 0 aliphatic rings. The Morgan fingerprint density at radius 1 is 1.11 bits per heavy atom. The Hall–Kier alpha value is -3.94. The van der Waals surface area contributed by atoms with E-state index in [-0.39, 0.29) is 11.6 Å². The van der Waals surface area contributed by atoms with Crippen LogP contribution in [0.3, 0.4) is 0 Å². The minimum absolute atomic E-state index is 0.195. The molecular weight excluding hydrogens is 356 g/mol. The van der Waals surface area contributed by atoms with Crippen LogP contribution in [-0.2, 0) is 0 Å². The number of benzene rings is 1. The fourth-order valence-corrected chi connectivity index (χ4v) is 2.79. The van der Waals surface area contributed by atoms with Crippen LogP contribution in [-0.4, -0.2) is 37.3 Å². The molecule has 1 N–H and O–H groups in total. The van der Waals surface area contributed by atoms with Crippen LogP contribution in [0.4, 0.5) is 5.69 Å². The van der Waals surface area contributed by atoms with Crippen molar-refractivity contribution >= 4 is 11.6 Å². The van der Waals surface area contributed by atoms with E-state index in [2.05, 4.69) is 20.4 Å². The van der Waals surface area contributed by atoms with Crippen molar-refractivity contribution in [2.45, 2.75) is 6.92 Å². The number of amides is 1. The van der Waals surface area contributed by atoms with Gasteiger partial charge in [0.15, 0.2) is 11.4 Å². The largest absolute Gasteiger partial charge is 0.493 e. The lowest BCUT2D eigenvalue weighted by Gasteiger charge is -2.07. The Morgan fingerprint density at radius 3 is 2.57 bits per heavy atom. The summed E-state index contributed by atoms with van der Waals surface area (Å²) in [6.45, 7) is 1.90. The Morgan fingerprint density at radius 2 is 1.93 bits per heavy atom. The number of imidazole rings is 1. The van der Waals surface area contributed by atoms with Crippen molar-refractivity contribution < 1.29 is 9.53 Å². The molecule has 3 aromatic heterocycles.